The van der Waals surface area contributed by atoms with E-state index < -0.39 is 5.97 Å². The van der Waals surface area contributed by atoms with Crippen LogP contribution in [0.1, 0.15) is 26.2 Å². The Bertz CT molecular complexity index is 469. The van der Waals surface area contributed by atoms with Crippen molar-refractivity contribution < 1.29 is 9.90 Å². The average Bonchev–Trinajstić information content (AvgIpc) is 2.47. The molecule has 1 N–H and O–H groups in total. The lowest BCUT2D eigenvalue weighted by atomic mass is 9.85. The zero-order chi connectivity index (χ0) is 14.5. The van der Waals surface area contributed by atoms with Crippen molar-refractivity contribution in [2.75, 3.05) is 24.2 Å². The molecule has 0 aromatic carbocycles. The molecule has 110 valence electrons. The van der Waals surface area contributed by atoms with Crippen LogP contribution in [0, 0.1) is 11.8 Å². The number of carbonyl (C=O) groups is 1. The van der Waals surface area contributed by atoms with E-state index in [-0.39, 0.29) is 12.3 Å². The Kier molecular flexibility index (Phi) is 5.23. The highest BCUT2D eigenvalue weighted by Gasteiger charge is 2.26. The molecule has 0 radical (unpaired) electrons. The van der Waals surface area contributed by atoms with Crippen molar-refractivity contribution in [1.29, 1.82) is 0 Å². The van der Waals surface area contributed by atoms with Gasteiger partial charge in [-0.3, -0.25) is 4.79 Å². The molecule has 1 fully saturated rings. The summed E-state index contributed by atoms with van der Waals surface area (Å²) in [5.74, 6) is 0.877. The summed E-state index contributed by atoms with van der Waals surface area (Å²) in [7, 11) is 0. The molecule has 5 nitrogen and oxygen atoms in total. The molecule has 1 aromatic heterocycles. The molecule has 2 heterocycles. The number of carboxylic acid groups (broad SMARTS) is 1. The second-order valence-corrected chi connectivity index (χ2v) is 6.17. The largest absolute Gasteiger partial charge is 0.481 e. The van der Waals surface area contributed by atoms with Gasteiger partial charge in [0, 0.05) is 25.6 Å². The SMILES string of the molecule is CSc1cc(N2CCCC(C(C)CC(=O)O)C2)ncn1. The van der Waals surface area contributed by atoms with Crippen molar-refractivity contribution in [1.82, 2.24) is 9.97 Å². The first kappa shape index (κ1) is 15.1. The second-order valence-electron chi connectivity index (χ2n) is 5.34. The third-order valence-corrected chi connectivity index (χ3v) is 4.56. The third-order valence-electron chi connectivity index (χ3n) is 3.92. The number of hydrogen-bond donors (Lipinski definition) is 1. The van der Waals surface area contributed by atoms with Gasteiger partial charge in [-0.2, -0.15) is 0 Å². The van der Waals surface area contributed by atoms with Crippen LogP contribution in [0.25, 0.3) is 0 Å². The Morgan fingerprint density at radius 3 is 3.10 bits per heavy atom. The van der Waals surface area contributed by atoms with Gasteiger partial charge in [0.1, 0.15) is 17.2 Å². The van der Waals surface area contributed by atoms with Crippen LogP contribution in [0.5, 0.6) is 0 Å². The number of thioether (sulfide) groups is 1. The summed E-state index contributed by atoms with van der Waals surface area (Å²) < 4.78 is 0. The smallest absolute Gasteiger partial charge is 0.303 e. The minimum absolute atomic E-state index is 0.206. The number of anilines is 1. The summed E-state index contributed by atoms with van der Waals surface area (Å²) in [5, 5.41) is 9.90. The van der Waals surface area contributed by atoms with Gasteiger partial charge >= 0.3 is 5.97 Å². The number of piperidine rings is 1. The highest BCUT2D eigenvalue weighted by Crippen LogP contribution is 2.29. The number of carboxylic acids is 1. The van der Waals surface area contributed by atoms with Crippen LogP contribution in [-0.2, 0) is 4.79 Å². The summed E-state index contributed by atoms with van der Waals surface area (Å²) in [6.07, 6.45) is 6.04. The predicted octanol–water partition coefficient (Wildman–Crippen LogP) is 2.53. The van der Waals surface area contributed by atoms with E-state index in [1.807, 2.05) is 19.2 Å². The maximum atomic E-state index is 10.9. The molecule has 0 spiro atoms. The Labute approximate surface area is 123 Å². The molecule has 0 aliphatic carbocycles. The van der Waals surface area contributed by atoms with Gasteiger partial charge in [-0.1, -0.05) is 6.92 Å². The molecule has 2 atom stereocenters. The molecule has 6 heteroatoms. The van der Waals surface area contributed by atoms with Gasteiger partial charge in [-0.05, 0) is 30.9 Å². The molecule has 1 aliphatic heterocycles. The van der Waals surface area contributed by atoms with E-state index in [2.05, 4.69) is 14.9 Å². The molecule has 0 bridgehead atoms. The summed E-state index contributed by atoms with van der Waals surface area (Å²) in [6, 6.07) is 2.01. The summed E-state index contributed by atoms with van der Waals surface area (Å²) >= 11 is 1.61. The Hall–Kier alpha value is -1.30. The van der Waals surface area contributed by atoms with Gasteiger partial charge in [-0.15, -0.1) is 11.8 Å². The first-order valence-corrected chi connectivity index (χ1v) is 8.15. The van der Waals surface area contributed by atoms with Crippen LogP contribution in [0.4, 0.5) is 5.82 Å². The molecule has 1 aromatic rings. The number of hydrogen-bond acceptors (Lipinski definition) is 5. The Balaban J connectivity index is 2.04. The van der Waals surface area contributed by atoms with Crippen molar-refractivity contribution in [3.63, 3.8) is 0 Å². The van der Waals surface area contributed by atoms with Gasteiger partial charge in [0.15, 0.2) is 0 Å². The van der Waals surface area contributed by atoms with Gasteiger partial charge in [0.05, 0.1) is 0 Å². The minimum atomic E-state index is -0.707. The number of nitrogens with zero attached hydrogens (tertiary/aromatic N) is 3. The summed E-state index contributed by atoms with van der Waals surface area (Å²) in [4.78, 5) is 21.7. The lowest BCUT2D eigenvalue weighted by Crippen LogP contribution is -2.38. The van der Waals surface area contributed by atoms with Crippen LogP contribution in [0.2, 0.25) is 0 Å². The van der Waals surface area contributed by atoms with Crippen LogP contribution in [0.3, 0.4) is 0 Å². The van der Waals surface area contributed by atoms with Crippen molar-refractivity contribution >= 4 is 23.5 Å². The third kappa shape index (κ3) is 3.85. The van der Waals surface area contributed by atoms with Gasteiger partial charge in [0.2, 0.25) is 0 Å². The van der Waals surface area contributed by atoms with Crippen LogP contribution in [0.15, 0.2) is 17.4 Å². The lowest BCUT2D eigenvalue weighted by molar-refractivity contribution is -0.138. The van der Waals surface area contributed by atoms with Crippen LogP contribution in [-0.4, -0.2) is 40.4 Å². The number of aromatic nitrogens is 2. The number of aliphatic carboxylic acids is 1. The van der Waals surface area contributed by atoms with E-state index in [0.717, 1.165) is 36.8 Å². The second kappa shape index (κ2) is 6.92. The molecule has 0 saturated carbocycles. The van der Waals surface area contributed by atoms with E-state index in [9.17, 15) is 4.79 Å². The summed E-state index contributed by atoms with van der Waals surface area (Å²) in [6.45, 7) is 3.91. The molecular weight excluding hydrogens is 274 g/mol. The fourth-order valence-electron chi connectivity index (χ4n) is 2.74. The molecule has 1 aliphatic rings. The standard InChI is InChI=1S/C14H21N3O2S/c1-10(6-14(18)19)11-4-3-5-17(8-11)12-7-13(20-2)16-9-15-12/h7,9-11H,3-6,8H2,1-2H3,(H,18,19). The molecule has 2 unspecified atom stereocenters. The first-order valence-electron chi connectivity index (χ1n) is 6.93. The van der Waals surface area contributed by atoms with Crippen LogP contribution < -0.4 is 4.90 Å². The molecule has 2 rings (SSSR count). The summed E-state index contributed by atoms with van der Waals surface area (Å²) in [5.41, 5.74) is 0. The van der Waals surface area contributed by atoms with Crippen molar-refractivity contribution in [2.24, 2.45) is 11.8 Å². The highest BCUT2D eigenvalue weighted by molar-refractivity contribution is 7.98. The minimum Gasteiger partial charge on any atom is -0.481 e. The van der Waals surface area contributed by atoms with Crippen LogP contribution >= 0.6 is 11.8 Å². The van der Waals surface area contributed by atoms with E-state index >= 15 is 0 Å². The maximum absolute atomic E-state index is 10.9. The van der Waals surface area contributed by atoms with Gasteiger partial charge in [-0.25, -0.2) is 9.97 Å². The van der Waals surface area contributed by atoms with E-state index in [4.69, 9.17) is 5.11 Å². The predicted molar refractivity (Wildman–Crippen MR) is 80.2 cm³/mol. The van der Waals surface area contributed by atoms with E-state index in [1.54, 1.807) is 18.1 Å². The van der Waals surface area contributed by atoms with Crippen molar-refractivity contribution in [2.45, 2.75) is 31.2 Å². The lowest BCUT2D eigenvalue weighted by Gasteiger charge is -2.36. The van der Waals surface area contributed by atoms with Crippen molar-refractivity contribution in [3.05, 3.63) is 12.4 Å². The molecule has 20 heavy (non-hydrogen) atoms. The average molecular weight is 295 g/mol. The fraction of sp³-hybridized carbons (Fsp3) is 0.643. The topological polar surface area (TPSA) is 66.3 Å². The van der Waals surface area contributed by atoms with Crippen molar-refractivity contribution in [3.8, 4) is 0 Å². The molecule has 1 saturated heterocycles. The van der Waals surface area contributed by atoms with Gasteiger partial charge in [0.25, 0.3) is 0 Å². The number of rotatable bonds is 5. The normalized spacial score (nSPS) is 20.7. The Morgan fingerprint density at radius 1 is 1.60 bits per heavy atom. The van der Waals surface area contributed by atoms with E-state index in [0.29, 0.717) is 5.92 Å². The Morgan fingerprint density at radius 2 is 2.40 bits per heavy atom. The maximum Gasteiger partial charge on any atom is 0.303 e. The molecular formula is C14H21N3O2S. The fourth-order valence-corrected chi connectivity index (χ4v) is 3.11. The quantitative estimate of drug-likeness (QED) is 0.665. The zero-order valence-electron chi connectivity index (χ0n) is 12.0. The van der Waals surface area contributed by atoms with Gasteiger partial charge < -0.3 is 10.0 Å². The monoisotopic (exact) mass is 295 g/mol. The first-order chi connectivity index (χ1) is 9.60. The zero-order valence-corrected chi connectivity index (χ0v) is 12.8. The van der Waals surface area contributed by atoms with E-state index in [1.165, 1.54) is 0 Å². The molecule has 0 amide bonds. The highest BCUT2D eigenvalue weighted by atomic mass is 32.2.